The molecule has 0 aliphatic rings. The zero-order valence-corrected chi connectivity index (χ0v) is 10.5. The molecule has 1 aromatic rings. The monoisotopic (exact) mass is 251 g/mol. The Labute approximate surface area is 106 Å². The van der Waals surface area contributed by atoms with Gasteiger partial charge in [-0.15, -0.1) is 0 Å². The molecule has 0 saturated carbocycles. The molecule has 0 unspecified atom stereocenters. The Morgan fingerprint density at radius 3 is 2.39 bits per heavy atom. The molecule has 1 aromatic carbocycles. The average molecular weight is 251 g/mol. The maximum atomic E-state index is 11.6. The molecule has 5 heteroatoms. The lowest BCUT2D eigenvalue weighted by atomic mass is 10.0. The molecule has 0 aliphatic carbocycles. The summed E-state index contributed by atoms with van der Waals surface area (Å²) in [5, 5.41) is 11.3. The fourth-order valence-electron chi connectivity index (χ4n) is 1.57. The Hall–Kier alpha value is -2.04. The Morgan fingerprint density at radius 2 is 1.89 bits per heavy atom. The third kappa shape index (κ3) is 4.86. The van der Waals surface area contributed by atoms with Crippen molar-refractivity contribution in [1.29, 1.82) is 0 Å². The van der Waals surface area contributed by atoms with Gasteiger partial charge in [0.05, 0.1) is 7.11 Å². The largest absolute Gasteiger partial charge is 0.497 e. The van der Waals surface area contributed by atoms with E-state index in [0.717, 1.165) is 0 Å². The zero-order valence-electron chi connectivity index (χ0n) is 10.5. The minimum Gasteiger partial charge on any atom is -0.497 e. The van der Waals surface area contributed by atoms with Gasteiger partial charge in [0, 0.05) is 18.5 Å². The van der Waals surface area contributed by atoms with Crippen LogP contribution in [0.15, 0.2) is 24.3 Å². The van der Waals surface area contributed by atoms with E-state index in [4.69, 9.17) is 9.84 Å². The normalized spacial score (nSPS) is 11.7. The Kier molecular flexibility index (Phi) is 5.17. The molecule has 0 radical (unpaired) electrons. The van der Waals surface area contributed by atoms with Crippen molar-refractivity contribution in [2.75, 3.05) is 12.4 Å². The van der Waals surface area contributed by atoms with Crippen LogP contribution in [-0.2, 0) is 9.59 Å². The lowest BCUT2D eigenvalue weighted by Crippen LogP contribution is -2.16. The van der Waals surface area contributed by atoms with Gasteiger partial charge in [0.1, 0.15) is 5.75 Å². The smallest absolute Gasteiger partial charge is 0.303 e. The number of aliphatic carboxylic acids is 1. The highest BCUT2D eigenvalue weighted by atomic mass is 16.5. The van der Waals surface area contributed by atoms with Crippen LogP contribution in [0.3, 0.4) is 0 Å². The number of carboxylic acids is 1. The first kappa shape index (κ1) is 14.0. The molecule has 1 atom stereocenters. The number of anilines is 1. The van der Waals surface area contributed by atoms with Crippen molar-refractivity contribution in [2.45, 2.75) is 19.8 Å². The van der Waals surface area contributed by atoms with Gasteiger partial charge in [0.15, 0.2) is 0 Å². The SMILES string of the molecule is COc1ccc(NC(=O)C[C@H](C)CC(=O)O)cc1. The Balaban J connectivity index is 2.46. The van der Waals surface area contributed by atoms with Crippen LogP contribution in [0.5, 0.6) is 5.75 Å². The van der Waals surface area contributed by atoms with Crippen molar-refractivity contribution in [2.24, 2.45) is 5.92 Å². The number of hydrogen-bond donors (Lipinski definition) is 2. The molecular weight excluding hydrogens is 234 g/mol. The van der Waals surface area contributed by atoms with Crippen molar-refractivity contribution >= 4 is 17.6 Å². The van der Waals surface area contributed by atoms with Gasteiger partial charge in [-0.2, -0.15) is 0 Å². The second-order valence-electron chi connectivity index (χ2n) is 4.18. The van der Waals surface area contributed by atoms with E-state index in [2.05, 4.69) is 5.32 Å². The van der Waals surface area contributed by atoms with Crippen molar-refractivity contribution in [3.63, 3.8) is 0 Å². The lowest BCUT2D eigenvalue weighted by Gasteiger charge is -2.09. The minimum atomic E-state index is -0.889. The van der Waals surface area contributed by atoms with Crippen LogP contribution < -0.4 is 10.1 Å². The summed E-state index contributed by atoms with van der Waals surface area (Å²) < 4.78 is 5.00. The third-order valence-corrected chi connectivity index (χ3v) is 2.43. The summed E-state index contributed by atoms with van der Waals surface area (Å²) in [7, 11) is 1.57. The van der Waals surface area contributed by atoms with E-state index < -0.39 is 5.97 Å². The number of rotatable bonds is 6. The van der Waals surface area contributed by atoms with Gasteiger partial charge in [-0.1, -0.05) is 6.92 Å². The van der Waals surface area contributed by atoms with E-state index in [1.807, 2.05) is 0 Å². The maximum Gasteiger partial charge on any atom is 0.303 e. The Bertz CT molecular complexity index is 414. The first-order valence-electron chi connectivity index (χ1n) is 5.67. The van der Waals surface area contributed by atoms with Gasteiger partial charge >= 0.3 is 5.97 Å². The van der Waals surface area contributed by atoms with Crippen LogP contribution in [0.2, 0.25) is 0 Å². The van der Waals surface area contributed by atoms with Crippen molar-refractivity contribution in [3.05, 3.63) is 24.3 Å². The molecular formula is C13H17NO4. The number of hydrogen-bond acceptors (Lipinski definition) is 3. The molecule has 0 heterocycles. The minimum absolute atomic E-state index is 0.00394. The lowest BCUT2D eigenvalue weighted by molar-refractivity contribution is -0.138. The molecule has 0 aliphatic heterocycles. The number of carboxylic acid groups (broad SMARTS) is 1. The van der Waals surface area contributed by atoms with Crippen LogP contribution in [-0.4, -0.2) is 24.1 Å². The van der Waals surface area contributed by atoms with Crippen molar-refractivity contribution in [3.8, 4) is 5.75 Å². The molecule has 5 nitrogen and oxygen atoms in total. The first-order valence-corrected chi connectivity index (χ1v) is 5.67. The van der Waals surface area contributed by atoms with Gasteiger partial charge in [0.2, 0.25) is 5.91 Å². The predicted octanol–water partition coefficient (Wildman–Crippen LogP) is 2.13. The van der Waals surface area contributed by atoms with E-state index in [1.54, 1.807) is 38.3 Å². The number of methoxy groups -OCH3 is 1. The standard InChI is InChI=1S/C13H17NO4/c1-9(8-13(16)17)7-12(15)14-10-3-5-11(18-2)6-4-10/h3-6,9H,7-8H2,1-2H3,(H,14,15)(H,16,17)/t9-/m0/s1. The summed E-state index contributed by atoms with van der Waals surface area (Å²) in [6.07, 6.45) is 0.189. The molecule has 1 amide bonds. The number of ether oxygens (including phenoxy) is 1. The number of nitrogens with one attached hydrogen (secondary N) is 1. The van der Waals surface area contributed by atoms with E-state index >= 15 is 0 Å². The van der Waals surface area contributed by atoms with Crippen LogP contribution in [0.25, 0.3) is 0 Å². The van der Waals surface area contributed by atoms with Gasteiger partial charge in [-0.25, -0.2) is 0 Å². The second-order valence-corrected chi connectivity index (χ2v) is 4.18. The quantitative estimate of drug-likeness (QED) is 0.812. The topological polar surface area (TPSA) is 75.6 Å². The molecule has 2 N–H and O–H groups in total. The molecule has 0 bridgehead atoms. The molecule has 0 spiro atoms. The summed E-state index contributed by atoms with van der Waals surface area (Å²) in [6.45, 7) is 1.74. The van der Waals surface area contributed by atoms with Crippen LogP contribution >= 0.6 is 0 Å². The number of benzene rings is 1. The van der Waals surface area contributed by atoms with E-state index in [9.17, 15) is 9.59 Å². The van der Waals surface area contributed by atoms with Crippen LogP contribution in [0.1, 0.15) is 19.8 Å². The highest BCUT2D eigenvalue weighted by Gasteiger charge is 2.12. The van der Waals surface area contributed by atoms with Crippen LogP contribution in [0, 0.1) is 5.92 Å². The summed E-state index contributed by atoms with van der Waals surface area (Å²) in [5.41, 5.74) is 0.670. The molecule has 0 aromatic heterocycles. The number of carbonyl (C=O) groups is 2. The van der Waals surface area contributed by atoms with Crippen molar-refractivity contribution in [1.82, 2.24) is 0 Å². The molecule has 0 saturated heterocycles. The zero-order chi connectivity index (χ0) is 13.5. The molecule has 1 rings (SSSR count). The van der Waals surface area contributed by atoms with Crippen molar-refractivity contribution < 1.29 is 19.4 Å². The summed E-state index contributed by atoms with van der Waals surface area (Å²) in [5.74, 6) is -0.540. The van der Waals surface area contributed by atoms with Crippen LogP contribution in [0.4, 0.5) is 5.69 Å². The fraction of sp³-hybridized carbons (Fsp3) is 0.385. The molecule has 98 valence electrons. The summed E-state index contributed by atoms with van der Waals surface area (Å²) in [4.78, 5) is 22.1. The number of amides is 1. The highest BCUT2D eigenvalue weighted by molar-refractivity contribution is 5.91. The maximum absolute atomic E-state index is 11.6. The number of carbonyl (C=O) groups excluding carboxylic acids is 1. The van der Waals surface area contributed by atoms with E-state index in [1.165, 1.54) is 0 Å². The Morgan fingerprint density at radius 1 is 1.28 bits per heavy atom. The predicted molar refractivity (Wildman–Crippen MR) is 67.7 cm³/mol. The van der Waals surface area contributed by atoms with Gasteiger partial charge < -0.3 is 15.2 Å². The van der Waals surface area contributed by atoms with E-state index in [0.29, 0.717) is 11.4 Å². The van der Waals surface area contributed by atoms with Gasteiger partial charge in [-0.3, -0.25) is 9.59 Å². The summed E-state index contributed by atoms with van der Waals surface area (Å²) >= 11 is 0. The first-order chi connectivity index (χ1) is 8.51. The molecule has 18 heavy (non-hydrogen) atoms. The second kappa shape index (κ2) is 6.64. The highest BCUT2D eigenvalue weighted by Crippen LogP contribution is 2.16. The fourth-order valence-corrected chi connectivity index (χ4v) is 1.57. The summed E-state index contributed by atoms with van der Waals surface area (Å²) in [6, 6.07) is 6.96. The van der Waals surface area contributed by atoms with Gasteiger partial charge in [0.25, 0.3) is 0 Å². The molecule has 0 fully saturated rings. The third-order valence-electron chi connectivity index (χ3n) is 2.43. The van der Waals surface area contributed by atoms with E-state index in [-0.39, 0.29) is 24.7 Å². The average Bonchev–Trinajstić information content (AvgIpc) is 2.28. The van der Waals surface area contributed by atoms with Gasteiger partial charge in [-0.05, 0) is 30.2 Å².